The lowest BCUT2D eigenvalue weighted by Gasteiger charge is -2.26. The van der Waals surface area contributed by atoms with Gasteiger partial charge in [-0.1, -0.05) is 0 Å². The third kappa shape index (κ3) is 3.84. The van der Waals surface area contributed by atoms with E-state index in [9.17, 15) is 18.3 Å². The summed E-state index contributed by atoms with van der Waals surface area (Å²) in [5.41, 5.74) is 0. The predicted octanol–water partition coefficient (Wildman–Crippen LogP) is -1.01. The molecule has 1 heterocycles. The maximum absolute atomic E-state index is 11.7. The van der Waals surface area contributed by atoms with Gasteiger partial charge in [0.25, 0.3) is 0 Å². The van der Waals surface area contributed by atoms with Gasteiger partial charge in [0, 0.05) is 13.0 Å². The van der Waals surface area contributed by atoms with Gasteiger partial charge < -0.3 is 10.0 Å². The fourth-order valence-corrected chi connectivity index (χ4v) is 3.12. The number of hydrogen-bond donors (Lipinski definition) is 2. The Labute approximate surface area is 106 Å². The SMILES string of the molecule is CSCC[C@@H](CO)N1CC(S(N)(=O)=O)CC1=O. The topological polar surface area (TPSA) is 101 Å². The number of rotatable bonds is 6. The normalized spacial score (nSPS) is 23.1. The number of amides is 1. The van der Waals surface area contributed by atoms with Crippen LogP contribution in [0.1, 0.15) is 12.8 Å². The minimum absolute atomic E-state index is 0.0748. The molecule has 1 fully saturated rings. The molecule has 6 nitrogen and oxygen atoms in total. The Morgan fingerprint density at radius 3 is 2.71 bits per heavy atom. The number of nitrogens with two attached hydrogens (primary N) is 1. The number of carbonyl (C=O) groups excluding carboxylic acids is 1. The fourth-order valence-electron chi connectivity index (χ4n) is 1.87. The van der Waals surface area contributed by atoms with Gasteiger partial charge in [0.15, 0.2) is 0 Å². The number of sulfonamides is 1. The summed E-state index contributed by atoms with van der Waals surface area (Å²) in [6, 6.07) is -0.304. The van der Waals surface area contributed by atoms with Crippen molar-refractivity contribution in [2.45, 2.75) is 24.1 Å². The molecule has 0 aromatic rings. The Kier molecular flexibility index (Phi) is 5.23. The van der Waals surface area contributed by atoms with Crippen LogP contribution in [-0.4, -0.2) is 60.8 Å². The van der Waals surface area contributed by atoms with Crippen LogP contribution >= 0.6 is 11.8 Å². The molecule has 0 radical (unpaired) electrons. The summed E-state index contributed by atoms with van der Waals surface area (Å²) >= 11 is 1.62. The van der Waals surface area contributed by atoms with Crippen molar-refractivity contribution in [3.63, 3.8) is 0 Å². The smallest absolute Gasteiger partial charge is 0.224 e. The minimum atomic E-state index is -3.68. The number of nitrogens with zero attached hydrogens (tertiary/aromatic N) is 1. The Bertz CT molecular complexity index is 371. The van der Waals surface area contributed by atoms with E-state index in [-0.39, 0.29) is 31.5 Å². The second-order valence-corrected chi connectivity index (χ2v) is 6.91. The summed E-state index contributed by atoms with van der Waals surface area (Å²) in [5.74, 6) is 0.568. The van der Waals surface area contributed by atoms with Crippen LogP contribution in [0, 0.1) is 0 Å². The number of likely N-dealkylation sites (tertiary alicyclic amines) is 1. The first-order valence-corrected chi connectivity index (χ1v) is 8.31. The molecule has 8 heteroatoms. The number of aliphatic hydroxyl groups excluding tert-OH is 1. The zero-order valence-corrected chi connectivity index (χ0v) is 11.3. The highest BCUT2D eigenvalue weighted by Gasteiger charge is 2.39. The van der Waals surface area contributed by atoms with Crippen LogP contribution in [-0.2, 0) is 14.8 Å². The van der Waals surface area contributed by atoms with Crippen molar-refractivity contribution >= 4 is 27.7 Å². The molecule has 2 atom stereocenters. The van der Waals surface area contributed by atoms with E-state index in [0.717, 1.165) is 5.75 Å². The van der Waals surface area contributed by atoms with Crippen molar-refractivity contribution in [2.24, 2.45) is 5.14 Å². The largest absolute Gasteiger partial charge is 0.394 e. The molecule has 1 rings (SSSR count). The van der Waals surface area contributed by atoms with Gasteiger partial charge in [0.05, 0.1) is 12.6 Å². The summed E-state index contributed by atoms with van der Waals surface area (Å²) in [7, 11) is -3.68. The Balaban J connectivity index is 2.68. The summed E-state index contributed by atoms with van der Waals surface area (Å²) in [4.78, 5) is 13.1. The van der Waals surface area contributed by atoms with Crippen molar-refractivity contribution in [3.8, 4) is 0 Å². The van der Waals surface area contributed by atoms with E-state index >= 15 is 0 Å². The molecule has 1 unspecified atom stereocenters. The predicted molar refractivity (Wildman–Crippen MR) is 67.1 cm³/mol. The molecule has 100 valence electrons. The quantitative estimate of drug-likeness (QED) is 0.650. The first kappa shape index (κ1) is 14.7. The number of carbonyl (C=O) groups is 1. The Morgan fingerprint density at radius 2 is 2.29 bits per heavy atom. The summed E-state index contributed by atoms with van der Waals surface area (Å²) in [5, 5.41) is 13.4. The highest BCUT2D eigenvalue weighted by atomic mass is 32.2. The fraction of sp³-hybridized carbons (Fsp3) is 0.889. The van der Waals surface area contributed by atoms with E-state index in [1.165, 1.54) is 4.90 Å². The van der Waals surface area contributed by atoms with Gasteiger partial charge >= 0.3 is 0 Å². The van der Waals surface area contributed by atoms with E-state index in [0.29, 0.717) is 6.42 Å². The lowest BCUT2D eigenvalue weighted by Crippen LogP contribution is -2.41. The molecule has 1 aliphatic rings. The molecule has 0 aromatic heterocycles. The van der Waals surface area contributed by atoms with E-state index in [1.54, 1.807) is 11.8 Å². The molecule has 0 aliphatic carbocycles. The first-order valence-electron chi connectivity index (χ1n) is 5.31. The van der Waals surface area contributed by atoms with Gasteiger partial charge in [0.1, 0.15) is 5.25 Å². The van der Waals surface area contributed by atoms with Crippen LogP contribution in [0.5, 0.6) is 0 Å². The highest BCUT2D eigenvalue weighted by Crippen LogP contribution is 2.21. The van der Waals surface area contributed by atoms with Gasteiger partial charge in [-0.25, -0.2) is 13.6 Å². The molecule has 1 aliphatic heterocycles. The first-order chi connectivity index (χ1) is 7.90. The van der Waals surface area contributed by atoms with Crippen LogP contribution in [0.25, 0.3) is 0 Å². The summed E-state index contributed by atoms with van der Waals surface area (Å²) < 4.78 is 22.4. The molecular weight excluding hydrogens is 264 g/mol. The van der Waals surface area contributed by atoms with Crippen LogP contribution in [0.15, 0.2) is 0 Å². The monoisotopic (exact) mass is 282 g/mol. The Morgan fingerprint density at radius 1 is 1.65 bits per heavy atom. The van der Waals surface area contributed by atoms with Gasteiger partial charge in [-0.3, -0.25) is 4.79 Å². The van der Waals surface area contributed by atoms with Crippen molar-refractivity contribution in [1.29, 1.82) is 0 Å². The van der Waals surface area contributed by atoms with E-state index in [1.807, 2.05) is 6.26 Å². The van der Waals surface area contributed by atoms with Gasteiger partial charge in [-0.05, 0) is 18.4 Å². The second kappa shape index (κ2) is 6.03. The lowest BCUT2D eigenvalue weighted by molar-refractivity contribution is -0.130. The van der Waals surface area contributed by atoms with Crippen LogP contribution in [0.2, 0.25) is 0 Å². The van der Waals surface area contributed by atoms with Gasteiger partial charge in [0.2, 0.25) is 15.9 Å². The maximum Gasteiger partial charge on any atom is 0.224 e. The molecule has 0 spiro atoms. The van der Waals surface area contributed by atoms with Crippen LogP contribution < -0.4 is 5.14 Å². The zero-order valence-electron chi connectivity index (χ0n) is 9.70. The zero-order chi connectivity index (χ0) is 13.1. The van der Waals surface area contributed by atoms with E-state index in [2.05, 4.69) is 0 Å². The molecule has 0 bridgehead atoms. The number of thioether (sulfide) groups is 1. The summed E-state index contributed by atoms with van der Waals surface area (Å²) in [6.45, 7) is -0.0546. The van der Waals surface area contributed by atoms with Gasteiger partial charge in [-0.15, -0.1) is 0 Å². The van der Waals surface area contributed by atoms with Gasteiger partial charge in [-0.2, -0.15) is 11.8 Å². The van der Waals surface area contributed by atoms with Crippen LogP contribution in [0.4, 0.5) is 0 Å². The Hall–Kier alpha value is -0.310. The van der Waals surface area contributed by atoms with Crippen molar-refractivity contribution < 1.29 is 18.3 Å². The van der Waals surface area contributed by atoms with Crippen molar-refractivity contribution in [3.05, 3.63) is 0 Å². The lowest BCUT2D eigenvalue weighted by atomic mass is 10.2. The molecule has 17 heavy (non-hydrogen) atoms. The third-order valence-electron chi connectivity index (χ3n) is 2.89. The van der Waals surface area contributed by atoms with Crippen molar-refractivity contribution in [1.82, 2.24) is 4.90 Å². The number of aliphatic hydroxyl groups is 1. The minimum Gasteiger partial charge on any atom is -0.394 e. The maximum atomic E-state index is 11.7. The van der Waals surface area contributed by atoms with E-state index in [4.69, 9.17) is 5.14 Å². The highest BCUT2D eigenvalue weighted by molar-refractivity contribution is 7.98. The molecule has 0 saturated carbocycles. The molecule has 0 aromatic carbocycles. The average molecular weight is 282 g/mol. The van der Waals surface area contributed by atoms with Crippen LogP contribution in [0.3, 0.4) is 0 Å². The second-order valence-electron chi connectivity index (χ2n) is 4.08. The molecular formula is C9H18N2O4S2. The summed E-state index contributed by atoms with van der Waals surface area (Å²) in [6.07, 6.45) is 2.52. The third-order valence-corrected chi connectivity index (χ3v) is 4.78. The molecule has 3 N–H and O–H groups in total. The number of hydrogen-bond acceptors (Lipinski definition) is 5. The van der Waals surface area contributed by atoms with Crippen molar-refractivity contribution in [2.75, 3.05) is 25.2 Å². The van der Waals surface area contributed by atoms with E-state index < -0.39 is 15.3 Å². The average Bonchev–Trinajstić information content (AvgIpc) is 2.62. The number of primary sulfonamides is 1. The molecule has 1 amide bonds. The standard InChI is InChI=1S/C9H18N2O4S2/c1-16-3-2-7(6-12)11-5-8(4-9(11)13)17(10,14)15/h7-8,12H,2-6H2,1H3,(H2,10,14,15)/t7-,8?/m0/s1. The molecule has 1 saturated heterocycles.